The van der Waals surface area contributed by atoms with E-state index in [4.69, 9.17) is 0 Å². The summed E-state index contributed by atoms with van der Waals surface area (Å²) in [5.41, 5.74) is 1.39. The van der Waals surface area contributed by atoms with Gasteiger partial charge >= 0.3 is 6.18 Å². The van der Waals surface area contributed by atoms with Crippen LogP contribution in [-0.2, 0) is 17.5 Å². The van der Waals surface area contributed by atoms with Crippen molar-refractivity contribution in [2.75, 3.05) is 10.6 Å². The lowest BCUT2D eigenvalue weighted by molar-refractivity contribution is -0.137. The average Bonchev–Trinajstić information content (AvgIpc) is 3.60. The minimum atomic E-state index is -4.53. The van der Waals surface area contributed by atoms with Crippen LogP contribution in [0.3, 0.4) is 0 Å². The molecule has 3 aromatic heterocycles. The number of pyridine rings is 1. The molecule has 1 fully saturated rings. The maximum atomic E-state index is 13.5. The highest BCUT2D eigenvalue weighted by Crippen LogP contribution is 2.42. The largest absolute Gasteiger partial charge is 0.416 e. The van der Waals surface area contributed by atoms with Gasteiger partial charge in [-0.1, -0.05) is 18.9 Å². The number of fused-ring (bicyclic) bond motifs is 2. The van der Waals surface area contributed by atoms with Gasteiger partial charge in [-0.25, -0.2) is 4.98 Å². The Morgan fingerprint density at radius 2 is 1.97 bits per heavy atom. The zero-order chi connectivity index (χ0) is 24.9. The van der Waals surface area contributed by atoms with Gasteiger partial charge < -0.3 is 10.6 Å². The molecule has 0 bridgehead atoms. The Hall–Kier alpha value is -4.02. The second-order valence-electron chi connectivity index (χ2n) is 9.15. The van der Waals surface area contributed by atoms with E-state index in [-0.39, 0.29) is 17.6 Å². The fourth-order valence-electron chi connectivity index (χ4n) is 4.99. The third-order valence-corrected chi connectivity index (χ3v) is 6.78. The quantitative estimate of drug-likeness (QED) is 0.404. The number of benzene rings is 1. The number of hydrogen-bond acceptors (Lipinski definition) is 6. The van der Waals surface area contributed by atoms with Gasteiger partial charge in [0, 0.05) is 30.8 Å². The van der Waals surface area contributed by atoms with E-state index in [2.05, 4.69) is 30.7 Å². The monoisotopic (exact) mass is 493 g/mol. The Morgan fingerprint density at radius 1 is 1.14 bits per heavy atom. The molecule has 1 saturated carbocycles. The fourth-order valence-corrected chi connectivity index (χ4v) is 4.99. The number of nitrogens with one attached hydrogen (secondary N) is 2. The lowest BCUT2D eigenvalue weighted by Crippen LogP contribution is -2.16. The normalized spacial score (nSPS) is 18.0. The van der Waals surface area contributed by atoms with E-state index in [1.165, 1.54) is 6.07 Å². The average molecular weight is 493 g/mol. The number of carbonyl (C=O) groups is 1. The minimum absolute atomic E-state index is 0.223. The molecule has 1 aromatic carbocycles. The van der Waals surface area contributed by atoms with Gasteiger partial charge in [-0.3, -0.25) is 14.5 Å². The van der Waals surface area contributed by atoms with Crippen molar-refractivity contribution in [2.24, 2.45) is 0 Å². The van der Waals surface area contributed by atoms with E-state index in [1.807, 2.05) is 23.0 Å². The van der Waals surface area contributed by atoms with Crippen molar-refractivity contribution >= 4 is 28.6 Å². The van der Waals surface area contributed by atoms with Gasteiger partial charge in [0.2, 0.25) is 11.9 Å². The molecule has 1 atom stereocenters. The summed E-state index contributed by atoms with van der Waals surface area (Å²) in [4.78, 5) is 26.4. The number of hydrogen-bond donors (Lipinski definition) is 2. The second-order valence-corrected chi connectivity index (χ2v) is 9.15. The first-order chi connectivity index (χ1) is 17.4. The predicted molar refractivity (Wildman–Crippen MR) is 126 cm³/mol. The van der Waals surface area contributed by atoms with Crippen LogP contribution in [0.15, 0.2) is 48.9 Å². The zero-order valence-electron chi connectivity index (χ0n) is 19.1. The van der Waals surface area contributed by atoms with Gasteiger partial charge in [0.15, 0.2) is 5.65 Å². The molecule has 1 aliphatic carbocycles. The summed E-state index contributed by atoms with van der Waals surface area (Å²) in [6.45, 7) is 0.383. The van der Waals surface area contributed by atoms with E-state index in [9.17, 15) is 18.0 Å². The summed E-state index contributed by atoms with van der Waals surface area (Å²) in [7, 11) is 0. The predicted octanol–water partition coefficient (Wildman–Crippen LogP) is 5.05. The van der Waals surface area contributed by atoms with Crippen molar-refractivity contribution < 1.29 is 18.0 Å². The van der Waals surface area contributed by atoms with Crippen molar-refractivity contribution in [3.63, 3.8) is 0 Å². The number of anilines is 2. The number of halogens is 3. The molecule has 4 aromatic rings. The van der Waals surface area contributed by atoms with Crippen LogP contribution in [0.1, 0.15) is 60.0 Å². The number of aromatic nitrogens is 5. The molecule has 36 heavy (non-hydrogen) atoms. The molecule has 1 aliphatic heterocycles. The van der Waals surface area contributed by atoms with Crippen LogP contribution in [0.25, 0.3) is 11.0 Å². The molecule has 4 heterocycles. The topological polar surface area (TPSA) is 97.6 Å². The highest BCUT2D eigenvalue weighted by molar-refractivity contribution is 6.06. The molecule has 184 valence electrons. The highest BCUT2D eigenvalue weighted by atomic mass is 19.4. The molecule has 0 saturated heterocycles. The van der Waals surface area contributed by atoms with Crippen LogP contribution >= 0.6 is 0 Å². The van der Waals surface area contributed by atoms with Gasteiger partial charge in [0.25, 0.3) is 0 Å². The Morgan fingerprint density at radius 3 is 2.72 bits per heavy atom. The van der Waals surface area contributed by atoms with E-state index >= 15 is 0 Å². The fraction of sp³-hybridized carbons (Fsp3) is 0.320. The molecular weight excluding hydrogens is 471 g/mol. The van der Waals surface area contributed by atoms with Crippen LogP contribution in [0.4, 0.5) is 24.8 Å². The van der Waals surface area contributed by atoms with Crippen LogP contribution in [0.5, 0.6) is 0 Å². The van der Waals surface area contributed by atoms with Crippen molar-refractivity contribution in [3.8, 4) is 0 Å². The summed E-state index contributed by atoms with van der Waals surface area (Å²) in [6, 6.07) is 7.21. The van der Waals surface area contributed by atoms with Crippen molar-refractivity contribution in [1.82, 2.24) is 24.7 Å². The first kappa shape index (κ1) is 22.4. The molecular formula is C25H22F3N7O. The molecule has 1 unspecified atom stereocenters. The molecule has 6 rings (SSSR count). The Bertz CT molecular complexity index is 1450. The van der Waals surface area contributed by atoms with E-state index in [0.717, 1.165) is 43.4 Å². The summed E-state index contributed by atoms with van der Waals surface area (Å²) >= 11 is 0. The number of rotatable bonds is 5. The van der Waals surface area contributed by atoms with Crippen molar-refractivity contribution in [3.05, 3.63) is 71.3 Å². The molecule has 0 radical (unpaired) electrons. The van der Waals surface area contributed by atoms with Gasteiger partial charge in [-0.2, -0.15) is 23.3 Å². The van der Waals surface area contributed by atoms with Crippen molar-refractivity contribution in [1.29, 1.82) is 0 Å². The molecule has 2 N–H and O–H groups in total. The van der Waals surface area contributed by atoms with E-state index < -0.39 is 23.6 Å². The Balaban J connectivity index is 1.46. The second kappa shape index (κ2) is 8.58. The van der Waals surface area contributed by atoms with Gasteiger partial charge in [-0.15, -0.1) is 0 Å². The van der Waals surface area contributed by atoms with Crippen LogP contribution in [0, 0.1) is 0 Å². The molecule has 0 spiro atoms. The Labute approximate surface area is 204 Å². The SMILES string of the molecule is O=C1Nc2ccc(C(F)(F)F)cc2C1c1nc(NCc2cccnc2)nc2nn(C3CCCC3)cc12. The summed E-state index contributed by atoms with van der Waals surface area (Å²) in [5.74, 6) is -1.21. The summed E-state index contributed by atoms with van der Waals surface area (Å²) in [6.07, 6.45) is 4.87. The minimum Gasteiger partial charge on any atom is -0.350 e. The smallest absolute Gasteiger partial charge is 0.350 e. The molecule has 2 aliphatic rings. The zero-order valence-corrected chi connectivity index (χ0v) is 19.1. The number of amides is 1. The molecule has 11 heteroatoms. The van der Waals surface area contributed by atoms with Gasteiger partial charge in [0.05, 0.1) is 22.7 Å². The maximum Gasteiger partial charge on any atom is 0.416 e. The van der Waals surface area contributed by atoms with Crippen molar-refractivity contribution in [2.45, 2.75) is 50.4 Å². The standard InChI is InChI=1S/C25H22F3N7O/c26-25(27,28)15-7-8-19-17(10-15)20(23(36)31-19)21-18-13-35(16-5-1-2-6-16)34-22(18)33-24(32-21)30-12-14-4-3-9-29-11-14/h3-4,7-11,13,16,20H,1-2,5-6,12H2,(H,31,36)(H,30,33,34). The van der Waals surface area contributed by atoms with Gasteiger partial charge in [0.1, 0.15) is 5.92 Å². The van der Waals surface area contributed by atoms with E-state index in [1.54, 1.807) is 12.4 Å². The maximum absolute atomic E-state index is 13.5. The Kier molecular flexibility index (Phi) is 5.35. The van der Waals surface area contributed by atoms with Crippen LogP contribution in [-0.4, -0.2) is 30.6 Å². The molecule has 8 nitrogen and oxygen atoms in total. The number of nitrogens with zero attached hydrogens (tertiary/aromatic N) is 5. The third kappa shape index (κ3) is 4.04. The van der Waals surface area contributed by atoms with Gasteiger partial charge in [-0.05, 0) is 48.2 Å². The highest BCUT2D eigenvalue weighted by Gasteiger charge is 2.39. The first-order valence-electron chi connectivity index (χ1n) is 11.8. The summed E-state index contributed by atoms with van der Waals surface area (Å²) in [5, 5.41) is 11.1. The summed E-state index contributed by atoms with van der Waals surface area (Å²) < 4.78 is 42.3. The number of carbonyl (C=O) groups excluding carboxylic acids is 1. The van der Waals surface area contributed by atoms with Crippen LogP contribution in [0.2, 0.25) is 0 Å². The van der Waals surface area contributed by atoms with Crippen LogP contribution < -0.4 is 10.6 Å². The van der Waals surface area contributed by atoms with E-state index in [0.29, 0.717) is 29.0 Å². The number of alkyl halides is 3. The first-order valence-corrected chi connectivity index (χ1v) is 11.8. The lowest BCUT2D eigenvalue weighted by atomic mass is 9.93. The third-order valence-electron chi connectivity index (χ3n) is 6.78. The molecule has 1 amide bonds. The lowest BCUT2D eigenvalue weighted by Gasteiger charge is -2.13.